The van der Waals surface area contributed by atoms with Crippen molar-refractivity contribution >= 4 is 17.4 Å². The van der Waals surface area contributed by atoms with Crippen LogP contribution in [0, 0.1) is 11.2 Å². The third-order valence-electron chi connectivity index (χ3n) is 10.3. The van der Waals surface area contributed by atoms with Gasteiger partial charge in [-0.1, -0.05) is 54.8 Å². The number of hydrogen-bond donors (Lipinski definition) is 2. The normalized spacial score (nSPS) is 29.6. The lowest BCUT2D eigenvalue weighted by Gasteiger charge is -2.46. The molecule has 0 spiro atoms. The van der Waals surface area contributed by atoms with Gasteiger partial charge in [0.15, 0.2) is 5.78 Å². The Morgan fingerprint density at radius 2 is 1.90 bits per heavy atom. The van der Waals surface area contributed by atoms with Crippen LogP contribution in [0.15, 0.2) is 48.0 Å². The molecule has 222 valence electrons. The highest BCUT2D eigenvalue weighted by Gasteiger charge is 2.57. The van der Waals surface area contributed by atoms with Crippen molar-refractivity contribution in [1.29, 1.82) is 0 Å². The van der Waals surface area contributed by atoms with Gasteiger partial charge < -0.3 is 15.1 Å². The van der Waals surface area contributed by atoms with Crippen molar-refractivity contribution in [2.24, 2.45) is 5.41 Å². The first-order chi connectivity index (χ1) is 19.6. The molecule has 0 amide bonds. The number of rotatable bonds is 5. The fourth-order valence-corrected chi connectivity index (χ4v) is 7.92. The number of carbonyl (C=O) groups excluding carboxylic acids is 1. The molecule has 1 aliphatic heterocycles. The van der Waals surface area contributed by atoms with Gasteiger partial charge >= 0.3 is 0 Å². The standard InChI is InChI=1S/C35H45ClFNO3/c1-24-8-7-16-34(2)30(15-17-35(34,41)23-38-18-4-3-5-19-38)27-14-12-25(20-26(39)13-11-24)21-28(27)33(40)22-29-31(36)9-6-10-32(29)37/h6,8-10,12,14,21,26,30,39,41H,3-5,7,11,13,15-20,22-23H2,1-2H3/t26-,30-,34-,35+/m0/s1. The van der Waals surface area contributed by atoms with Crippen LogP contribution in [-0.2, 0) is 12.8 Å². The fraction of sp³-hybridized carbons (Fsp3) is 0.571. The zero-order valence-corrected chi connectivity index (χ0v) is 25.4. The van der Waals surface area contributed by atoms with Crippen molar-refractivity contribution < 1.29 is 19.4 Å². The van der Waals surface area contributed by atoms with Crippen molar-refractivity contribution in [1.82, 2.24) is 4.90 Å². The first-order valence-corrected chi connectivity index (χ1v) is 15.8. The Morgan fingerprint density at radius 3 is 2.66 bits per heavy atom. The Kier molecular flexibility index (Phi) is 9.40. The highest BCUT2D eigenvalue weighted by molar-refractivity contribution is 6.31. The number of piperidine rings is 1. The molecule has 2 bridgehead atoms. The van der Waals surface area contributed by atoms with E-state index < -0.39 is 22.9 Å². The zero-order chi connectivity index (χ0) is 29.2. The quantitative estimate of drug-likeness (QED) is 0.285. The van der Waals surface area contributed by atoms with E-state index in [0.717, 1.165) is 49.9 Å². The maximum Gasteiger partial charge on any atom is 0.167 e. The van der Waals surface area contributed by atoms with E-state index in [4.69, 9.17) is 11.6 Å². The number of aliphatic hydroxyl groups is 2. The summed E-state index contributed by atoms with van der Waals surface area (Å²) in [6, 6.07) is 10.5. The van der Waals surface area contributed by atoms with E-state index in [1.807, 2.05) is 18.2 Å². The van der Waals surface area contributed by atoms with Crippen LogP contribution < -0.4 is 0 Å². The molecule has 1 saturated heterocycles. The molecule has 1 heterocycles. The molecule has 4 aliphatic rings. The van der Waals surface area contributed by atoms with Gasteiger partial charge in [0, 0.05) is 34.5 Å². The van der Waals surface area contributed by atoms with Crippen LogP contribution >= 0.6 is 11.6 Å². The van der Waals surface area contributed by atoms with Gasteiger partial charge in [-0.15, -0.1) is 0 Å². The smallest absolute Gasteiger partial charge is 0.167 e. The first kappa shape index (κ1) is 30.4. The minimum absolute atomic E-state index is 0.0250. The molecule has 2 N–H and O–H groups in total. The number of allylic oxidation sites excluding steroid dienone is 2. The first-order valence-electron chi connectivity index (χ1n) is 15.5. The van der Waals surface area contributed by atoms with Gasteiger partial charge in [0.2, 0.25) is 0 Å². The van der Waals surface area contributed by atoms with Crippen molar-refractivity contribution in [3.63, 3.8) is 0 Å². The van der Waals surface area contributed by atoms with Gasteiger partial charge in [0.25, 0.3) is 0 Å². The number of likely N-dealkylation sites (tertiary alicyclic amines) is 1. The molecule has 6 heteroatoms. The van der Waals surface area contributed by atoms with E-state index in [2.05, 4.69) is 24.8 Å². The summed E-state index contributed by atoms with van der Waals surface area (Å²) in [7, 11) is 0. The van der Waals surface area contributed by atoms with E-state index in [9.17, 15) is 19.4 Å². The molecule has 0 unspecified atom stereocenters. The number of fused-ring (bicyclic) bond motifs is 8. The van der Waals surface area contributed by atoms with E-state index in [-0.39, 0.29) is 28.7 Å². The molecular weight excluding hydrogens is 537 g/mol. The number of benzene rings is 2. The number of nitrogens with zero attached hydrogens (tertiary/aromatic N) is 1. The largest absolute Gasteiger partial charge is 0.393 e. The summed E-state index contributed by atoms with van der Waals surface area (Å²) in [6.07, 6.45) is 10.2. The zero-order valence-electron chi connectivity index (χ0n) is 24.6. The SMILES string of the molecule is CC1=CCC[C@@]2(C)[C@@H](CC[C@@]2(O)CN2CCCCC2)c2ccc(cc2C(=O)Cc2c(F)cccc2Cl)C[C@@H](O)CC1. The second-order valence-corrected chi connectivity index (χ2v) is 13.5. The Balaban J connectivity index is 1.57. The van der Waals surface area contributed by atoms with Crippen molar-refractivity contribution in [3.8, 4) is 0 Å². The molecule has 3 aliphatic carbocycles. The summed E-state index contributed by atoms with van der Waals surface area (Å²) in [5.74, 6) is -0.687. The van der Waals surface area contributed by atoms with Gasteiger partial charge in [-0.25, -0.2) is 4.39 Å². The Bertz CT molecular complexity index is 1270. The molecule has 0 aromatic heterocycles. The van der Waals surface area contributed by atoms with Crippen LogP contribution in [0.2, 0.25) is 5.02 Å². The predicted molar refractivity (Wildman–Crippen MR) is 163 cm³/mol. The third kappa shape index (κ3) is 6.49. The third-order valence-corrected chi connectivity index (χ3v) is 10.7. The summed E-state index contributed by atoms with van der Waals surface area (Å²) in [4.78, 5) is 16.4. The second kappa shape index (κ2) is 12.7. The lowest BCUT2D eigenvalue weighted by molar-refractivity contribution is -0.0857. The van der Waals surface area contributed by atoms with E-state index in [0.29, 0.717) is 31.4 Å². The molecule has 4 nitrogen and oxygen atoms in total. The summed E-state index contributed by atoms with van der Waals surface area (Å²) < 4.78 is 14.7. The summed E-state index contributed by atoms with van der Waals surface area (Å²) in [5.41, 5.74) is 2.54. The predicted octanol–water partition coefficient (Wildman–Crippen LogP) is 7.43. The Labute approximate surface area is 249 Å². The van der Waals surface area contributed by atoms with Gasteiger partial charge in [-0.2, -0.15) is 0 Å². The van der Waals surface area contributed by atoms with Gasteiger partial charge in [0.1, 0.15) is 5.82 Å². The molecular formula is C35H45ClFNO3. The minimum atomic E-state index is -0.877. The Hall–Kier alpha value is -2.05. The number of hydrogen-bond acceptors (Lipinski definition) is 4. The van der Waals surface area contributed by atoms with E-state index in [1.54, 1.807) is 12.1 Å². The fourth-order valence-electron chi connectivity index (χ4n) is 7.69. The molecule has 2 aromatic rings. The molecule has 4 atom stereocenters. The molecule has 2 fully saturated rings. The molecule has 41 heavy (non-hydrogen) atoms. The van der Waals surface area contributed by atoms with Gasteiger partial charge in [-0.05, 0) is 113 Å². The highest BCUT2D eigenvalue weighted by atomic mass is 35.5. The summed E-state index contributed by atoms with van der Waals surface area (Å²) >= 11 is 6.33. The number of aliphatic hydroxyl groups excluding tert-OH is 1. The summed E-state index contributed by atoms with van der Waals surface area (Å²) in [6.45, 7) is 7.05. The van der Waals surface area contributed by atoms with Crippen LogP contribution in [-0.4, -0.2) is 52.2 Å². The number of halogens is 2. The number of ketones is 1. The molecule has 6 rings (SSSR count). The van der Waals surface area contributed by atoms with Crippen LogP contribution in [0.25, 0.3) is 0 Å². The van der Waals surface area contributed by atoms with Crippen LogP contribution in [0.4, 0.5) is 4.39 Å². The second-order valence-electron chi connectivity index (χ2n) is 13.1. The van der Waals surface area contributed by atoms with Crippen molar-refractivity contribution in [2.45, 2.75) is 102 Å². The van der Waals surface area contributed by atoms with E-state index >= 15 is 0 Å². The summed E-state index contributed by atoms with van der Waals surface area (Å²) in [5, 5.41) is 23.5. The Morgan fingerprint density at radius 1 is 1.12 bits per heavy atom. The lowest BCUT2D eigenvalue weighted by Crippen LogP contribution is -2.53. The number of Topliss-reactive ketones (excluding diaryl/α,β-unsaturated/α-hetero) is 1. The lowest BCUT2D eigenvalue weighted by atomic mass is 9.64. The topological polar surface area (TPSA) is 60.8 Å². The van der Waals surface area contributed by atoms with Crippen LogP contribution in [0.5, 0.6) is 0 Å². The maximum absolute atomic E-state index is 14.7. The van der Waals surface area contributed by atoms with Crippen molar-refractivity contribution in [2.75, 3.05) is 19.6 Å². The minimum Gasteiger partial charge on any atom is -0.393 e. The van der Waals surface area contributed by atoms with Crippen molar-refractivity contribution in [3.05, 3.63) is 81.1 Å². The number of carbonyl (C=O) groups is 1. The molecule has 2 aromatic carbocycles. The number of β-amino-alcohol motifs (C(OH)–C–C–N with tert-alkyl or cyclic N) is 1. The van der Waals surface area contributed by atoms with Gasteiger partial charge in [-0.3, -0.25) is 4.79 Å². The van der Waals surface area contributed by atoms with Crippen LogP contribution in [0.1, 0.15) is 105 Å². The van der Waals surface area contributed by atoms with Gasteiger partial charge in [0.05, 0.1) is 11.7 Å². The highest BCUT2D eigenvalue weighted by Crippen LogP contribution is 2.59. The average molecular weight is 582 g/mol. The van der Waals surface area contributed by atoms with Crippen LogP contribution in [0.3, 0.4) is 0 Å². The molecule has 0 radical (unpaired) electrons. The maximum atomic E-state index is 14.7. The average Bonchev–Trinajstić information content (AvgIpc) is 3.19. The molecule has 1 saturated carbocycles. The van der Waals surface area contributed by atoms with E-state index in [1.165, 1.54) is 30.9 Å². The monoisotopic (exact) mass is 581 g/mol.